The fraction of sp³-hybridized carbons (Fsp3) is 0.0400. The van der Waals surface area contributed by atoms with E-state index in [2.05, 4.69) is 193 Å². The van der Waals surface area contributed by atoms with Crippen molar-refractivity contribution in [2.24, 2.45) is 0 Å². The first-order chi connectivity index (χ1) is 28.8. The number of hydrogen-bond acceptors (Lipinski definition) is 5. The van der Waals surface area contributed by atoms with Crippen molar-refractivity contribution in [1.82, 2.24) is 0 Å². The Bertz CT molecular complexity index is 2480. The van der Waals surface area contributed by atoms with Crippen molar-refractivity contribution in [1.29, 1.82) is 0 Å². The summed E-state index contributed by atoms with van der Waals surface area (Å²) < 4.78 is 32.9. The van der Waals surface area contributed by atoms with Crippen molar-refractivity contribution < 1.29 is 38.1 Å². The minimum absolute atomic E-state index is 0. The van der Waals surface area contributed by atoms with Gasteiger partial charge in [-0.05, 0) is 73.1 Å². The Morgan fingerprint density at radius 3 is 1.30 bits per heavy atom. The van der Waals surface area contributed by atoms with Crippen LogP contribution in [0, 0.1) is 6.07 Å². The molecule has 1 aliphatic heterocycles. The second kappa shape index (κ2) is 21.2. The Hall–Kier alpha value is -5.41. The van der Waals surface area contributed by atoms with Crippen molar-refractivity contribution in [3.8, 4) is 22.6 Å². The van der Waals surface area contributed by atoms with E-state index in [1.165, 1.54) is 37.4 Å². The average molecular weight is 936 g/mol. The predicted octanol–water partition coefficient (Wildman–Crippen LogP) is 9.75. The third-order valence-corrected chi connectivity index (χ3v) is 14.1. The van der Waals surface area contributed by atoms with Crippen molar-refractivity contribution in [2.75, 3.05) is 23.9 Å². The van der Waals surface area contributed by atoms with Crippen molar-refractivity contribution in [3.63, 3.8) is 0 Å². The molecule has 0 bridgehead atoms. The zero-order chi connectivity index (χ0) is 41.0. The van der Waals surface area contributed by atoms with Crippen LogP contribution in [-0.4, -0.2) is 26.3 Å². The van der Waals surface area contributed by atoms with Gasteiger partial charge >= 0.3 is 0 Å². The molecule has 60 heavy (non-hydrogen) atoms. The third-order valence-electron chi connectivity index (χ3n) is 9.20. The summed E-state index contributed by atoms with van der Waals surface area (Å²) in [6.07, 6.45) is 0.715. The maximum absolute atomic E-state index is 9.19. The topological polar surface area (TPSA) is 87.7 Å². The Morgan fingerprint density at radius 1 is 0.533 bits per heavy atom. The van der Waals surface area contributed by atoms with E-state index in [-0.39, 0.29) is 20.4 Å². The Morgan fingerprint density at radius 2 is 0.917 bits per heavy atom. The molecule has 9 rings (SSSR count). The molecule has 0 saturated carbocycles. The zero-order valence-electron chi connectivity index (χ0n) is 32.9. The molecule has 0 spiro atoms. The monoisotopic (exact) mass is 935 g/mol. The molecule has 0 saturated heterocycles. The van der Waals surface area contributed by atoms with Gasteiger partial charge in [-0.1, -0.05) is 157 Å². The molecule has 1 heterocycles. The summed E-state index contributed by atoms with van der Waals surface area (Å²) in [5, 5.41) is 14.5. The Balaban J connectivity index is 0.000000251. The first kappa shape index (κ1) is 44.2. The molecule has 0 fully saturated rings. The van der Waals surface area contributed by atoms with Gasteiger partial charge in [-0.3, -0.25) is 4.55 Å². The molecular formula is C50H43N2O4P2PdS-. The SMILES string of the molecule is CNc1ccccc1-c1[c-]cccc1.CS(=O)(=O)O.[Pd].c1ccc(P(c2ccccc2)c2cccc3c2Oc2c(cccc2P(c2ccccc2)c2ccccc2)N3)cc1. The van der Waals surface area contributed by atoms with Crippen LogP contribution in [0.5, 0.6) is 11.5 Å². The maximum Gasteiger partial charge on any atom is 0.261 e. The van der Waals surface area contributed by atoms with E-state index in [0.717, 1.165) is 34.1 Å². The van der Waals surface area contributed by atoms with Gasteiger partial charge in [-0.25, -0.2) is 0 Å². The molecule has 0 aliphatic carbocycles. The van der Waals surface area contributed by atoms with Crippen LogP contribution >= 0.6 is 15.8 Å². The smallest absolute Gasteiger partial charge is 0.261 e. The van der Waals surface area contributed by atoms with E-state index in [9.17, 15) is 8.42 Å². The summed E-state index contributed by atoms with van der Waals surface area (Å²) in [6.45, 7) is 0. The van der Waals surface area contributed by atoms with Gasteiger partial charge < -0.3 is 15.4 Å². The zero-order valence-corrected chi connectivity index (χ0v) is 37.1. The van der Waals surface area contributed by atoms with Gasteiger partial charge in [0, 0.05) is 38.1 Å². The summed E-state index contributed by atoms with van der Waals surface area (Å²) >= 11 is 0. The van der Waals surface area contributed by atoms with Gasteiger partial charge in [-0.2, -0.15) is 8.42 Å². The molecule has 0 amide bonds. The molecule has 6 nitrogen and oxygen atoms in total. The van der Waals surface area contributed by atoms with Gasteiger partial charge in [0.15, 0.2) is 11.5 Å². The summed E-state index contributed by atoms with van der Waals surface area (Å²) in [6, 6.07) is 75.7. The molecule has 8 aromatic rings. The van der Waals surface area contributed by atoms with E-state index in [1.807, 2.05) is 37.4 Å². The van der Waals surface area contributed by atoms with Crippen LogP contribution in [0.3, 0.4) is 0 Å². The number of nitrogens with one attached hydrogen (secondary N) is 2. The molecule has 304 valence electrons. The Labute approximate surface area is 369 Å². The summed E-state index contributed by atoms with van der Waals surface area (Å²) in [7, 11) is -3.38. The van der Waals surface area contributed by atoms with Crippen LogP contribution in [0.4, 0.5) is 17.1 Å². The number of para-hydroxylation sites is 3. The van der Waals surface area contributed by atoms with E-state index in [0.29, 0.717) is 6.26 Å². The average Bonchev–Trinajstić information content (AvgIpc) is 3.27. The molecule has 10 heteroatoms. The number of anilines is 3. The number of benzene rings is 8. The van der Waals surface area contributed by atoms with Gasteiger partial charge in [0.2, 0.25) is 0 Å². The predicted molar refractivity (Wildman–Crippen MR) is 251 cm³/mol. The second-order valence-electron chi connectivity index (χ2n) is 13.4. The van der Waals surface area contributed by atoms with Crippen molar-refractivity contribution >= 4 is 74.9 Å². The van der Waals surface area contributed by atoms with Crippen molar-refractivity contribution in [3.05, 3.63) is 212 Å². The summed E-state index contributed by atoms with van der Waals surface area (Å²) in [5.41, 5.74) is 5.46. The van der Waals surface area contributed by atoms with E-state index in [1.54, 1.807) is 0 Å². The molecule has 3 N–H and O–H groups in total. The first-order valence-electron chi connectivity index (χ1n) is 19.0. The minimum Gasteiger partial charge on any atom is -0.452 e. The van der Waals surface area contributed by atoms with Crippen LogP contribution in [0.2, 0.25) is 0 Å². The van der Waals surface area contributed by atoms with Crippen LogP contribution in [0.1, 0.15) is 0 Å². The van der Waals surface area contributed by atoms with Gasteiger partial charge in [0.1, 0.15) is 0 Å². The molecule has 0 aromatic heterocycles. The van der Waals surface area contributed by atoms with Crippen LogP contribution in [-0.2, 0) is 30.5 Å². The molecular weight excluding hydrogens is 893 g/mol. The van der Waals surface area contributed by atoms with Crippen LogP contribution in [0.25, 0.3) is 11.1 Å². The summed E-state index contributed by atoms with van der Waals surface area (Å²) in [5.74, 6) is 1.83. The quantitative estimate of drug-likeness (QED) is 0.0609. The first-order valence-corrected chi connectivity index (χ1v) is 23.5. The van der Waals surface area contributed by atoms with Gasteiger partial charge in [0.05, 0.1) is 17.6 Å². The van der Waals surface area contributed by atoms with Crippen LogP contribution < -0.4 is 47.2 Å². The fourth-order valence-corrected chi connectivity index (χ4v) is 11.5. The van der Waals surface area contributed by atoms with Gasteiger partial charge in [0.25, 0.3) is 10.1 Å². The minimum atomic E-state index is -3.67. The molecule has 8 aromatic carbocycles. The second-order valence-corrected chi connectivity index (χ2v) is 19.2. The molecule has 0 atom stereocenters. The third kappa shape index (κ3) is 11.2. The summed E-state index contributed by atoms with van der Waals surface area (Å²) in [4.78, 5) is 0. The van der Waals surface area contributed by atoms with E-state index >= 15 is 0 Å². The number of fused-ring (bicyclic) bond motifs is 2. The largest absolute Gasteiger partial charge is 0.452 e. The maximum atomic E-state index is 9.19. The Kier molecular flexibility index (Phi) is 15.6. The molecule has 0 radical (unpaired) electrons. The van der Waals surface area contributed by atoms with Gasteiger partial charge in [-0.15, -0.1) is 35.9 Å². The normalized spacial score (nSPS) is 11.2. The standard InChI is InChI=1S/C36H27NOP2.C13H12N.CH4O3S.Pd/c1-5-15-27(16-6-1)39(28-17-7-2-8-18-28)33-25-13-23-31-35(33)38-36-32(37-31)24-14-26-34(36)40(29-19-9-3-10-20-29)30-21-11-4-12-22-30;1-14-13-10-6-5-9-12(13)11-7-3-2-4-8-11;1-5(2,3)4;/h1-26,37H;2-7,9-10,14H,1H3;1H3,(H,2,3,4);/q;-1;;. The molecule has 1 aliphatic rings. The van der Waals surface area contributed by atoms with Crippen molar-refractivity contribution in [2.45, 2.75) is 0 Å². The van der Waals surface area contributed by atoms with Crippen LogP contribution in [0.15, 0.2) is 206 Å². The number of rotatable bonds is 8. The number of hydrogen-bond donors (Lipinski definition) is 3. The van der Waals surface area contributed by atoms with E-state index < -0.39 is 26.0 Å². The fourth-order valence-electron chi connectivity index (χ4n) is 6.72. The van der Waals surface area contributed by atoms with E-state index in [4.69, 9.17) is 9.29 Å². The number of ether oxygens (including phenoxy) is 1. The molecule has 0 unspecified atom stereocenters.